The third-order valence-corrected chi connectivity index (χ3v) is 2.88. The molecule has 3 nitrogen and oxygen atoms in total. The Labute approximate surface area is 108 Å². The lowest BCUT2D eigenvalue weighted by Gasteiger charge is -2.15. The number of hydrogen-bond donors (Lipinski definition) is 0. The molecule has 104 valence electrons. The van der Waals surface area contributed by atoms with Gasteiger partial charge in [0.25, 0.3) is 5.60 Å². The summed E-state index contributed by atoms with van der Waals surface area (Å²) in [5, 5.41) is 0. The predicted octanol–water partition coefficient (Wildman–Crippen LogP) is 3.01. The lowest BCUT2D eigenvalue weighted by Crippen LogP contribution is -2.42. The van der Waals surface area contributed by atoms with Crippen molar-refractivity contribution in [2.75, 3.05) is 6.61 Å². The summed E-state index contributed by atoms with van der Waals surface area (Å²) < 4.78 is 48.6. The fraction of sp³-hybridized carbons (Fsp3) is 0.462. The molecule has 2 rings (SSSR count). The molecule has 1 aliphatic heterocycles. The second kappa shape index (κ2) is 4.85. The maximum Gasteiger partial charge on any atom is 0.431 e. The number of ether oxygens (including phenoxy) is 2. The van der Waals surface area contributed by atoms with Gasteiger partial charge in [0.1, 0.15) is 6.10 Å². The minimum absolute atomic E-state index is 0.0540. The molecule has 0 unspecified atom stereocenters. The van der Waals surface area contributed by atoms with Gasteiger partial charge in [0.05, 0.1) is 6.61 Å². The number of benzene rings is 1. The molecule has 1 heterocycles. The van der Waals surface area contributed by atoms with Gasteiger partial charge in [-0.05, 0) is 12.0 Å². The van der Waals surface area contributed by atoms with E-state index < -0.39 is 23.9 Å². The van der Waals surface area contributed by atoms with E-state index >= 15 is 0 Å². The molecule has 19 heavy (non-hydrogen) atoms. The zero-order chi connectivity index (χ0) is 14.1. The van der Waals surface area contributed by atoms with Crippen molar-refractivity contribution in [3.05, 3.63) is 35.9 Å². The van der Waals surface area contributed by atoms with Crippen LogP contribution in [0.5, 0.6) is 0 Å². The number of alkyl halides is 3. The normalized spacial score (nSPS) is 26.0. The van der Waals surface area contributed by atoms with E-state index in [1.165, 1.54) is 12.1 Å². The third kappa shape index (κ3) is 2.32. The van der Waals surface area contributed by atoms with Crippen LogP contribution in [0.3, 0.4) is 0 Å². The highest BCUT2D eigenvalue weighted by atomic mass is 19.4. The fourth-order valence-corrected chi connectivity index (χ4v) is 1.87. The summed E-state index contributed by atoms with van der Waals surface area (Å²) in [4.78, 5) is 11.6. The molecule has 1 aromatic rings. The second-order valence-corrected chi connectivity index (χ2v) is 4.28. The van der Waals surface area contributed by atoms with Crippen LogP contribution in [-0.2, 0) is 14.3 Å². The molecule has 0 spiro atoms. The number of carbonyl (C=O) groups is 1. The molecule has 1 saturated heterocycles. The second-order valence-electron chi connectivity index (χ2n) is 4.28. The van der Waals surface area contributed by atoms with E-state index in [0.717, 1.165) is 0 Å². The van der Waals surface area contributed by atoms with Gasteiger partial charge in [0, 0.05) is 0 Å². The largest absolute Gasteiger partial charge is 0.463 e. The van der Waals surface area contributed by atoms with Gasteiger partial charge in [0.15, 0.2) is 0 Å². The Morgan fingerprint density at radius 2 is 2.00 bits per heavy atom. The van der Waals surface area contributed by atoms with E-state index in [0.29, 0.717) is 12.0 Å². The van der Waals surface area contributed by atoms with Crippen molar-refractivity contribution in [2.45, 2.75) is 31.2 Å². The van der Waals surface area contributed by atoms with Crippen LogP contribution < -0.4 is 0 Å². The number of hydrogen-bond acceptors (Lipinski definition) is 3. The predicted molar refractivity (Wildman–Crippen MR) is 60.3 cm³/mol. The summed E-state index contributed by atoms with van der Waals surface area (Å²) in [6, 6.07) is 7.85. The highest BCUT2D eigenvalue weighted by Gasteiger charge is 2.80. The molecule has 2 atom stereocenters. The molecule has 0 amide bonds. The minimum atomic E-state index is -4.79. The van der Waals surface area contributed by atoms with Crippen LogP contribution in [0.25, 0.3) is 0 Å². The smallest absolute Gasteiger partial charge is 0.431 e. The Morgan fingerprint density at radius 1 is 1.37 bits per heavy atom. The van der Waals surface area contributed by atoms with Crippen molar-refractivity contribution >= 4 is 5.97 Å². The van der Waals surface area contributed by atoms with Gasteiger partial charge in [-0.2, -0.15) is 13.2 Å². The Morgan fingerprint density at radius 3 is 2.53 bits per heavy atom. The molecular weight excluding hydrogens is 261 g/mol. The summed E-state index contributed by atoms with van der Waals surface area (Å²) in [7, 11) is 0. The summed E-state index contributed by atoms with van der Waals surface area (Å²) >= 11 is 0. The molecule has 0 aromatic heterocycles. The quantitative estimate of drug-likeness (QED) is 0.625. The van der Waals surface area contributed by atoms with Crippen LogP contribution in [0.15, 0.2) is 30.3 Å². The monoisotopic (exact) mass is 274 g/mol. The van der Waals surface area contributed by atoms with Gasteiger partial charge in [-0.25, -0.2) is 4.79 Å². The first-order valence-corrected chi connectivity index (χ1v) is 5.90. The van der Waals surface area contributed by atoms with Gasteiger partial charge in [0.2, 0.25) is 0 Å². The van der Waals surface area contributed by atoms with Crippen molar-refractivity contribution in [3.63, 3.8) is 0 Å². The Hall–Kier alpha value is -1.56. The highest BCUT2D eigenvalue weighted by molar-refractivity contribution is 5.85. The van der Waals surface area contributed by atoms with Gasteiger partial charge in [-0.15, -0.1) is 0 Å². The molecule has 0 N–H and O–H groups in total. The fourth-order valence-electron chi connectivity index (χ4n) is 1.87. The van der Waals surface area contributed by atoms with Crippen molar-refractivity contribution in [1.82, 2.24) is 0 Å². The van der Waals surface area contributed by atoms with Crippen LogP contribution in [0.1, 0.15) is 25.0 Å². The van der Waals surface area contributed by atoms with Gasteiger partial charge in [-0.1, -0.05) is 37.3 Å². The molecular formula is C13H13F3O3. The maximum absolute atomic E-state index is 13.1. The van der Waals surface area contributed by atoms with Crippen molar-refractivity contribution in [3.8, 4) is 0 Å². The maximum atomic E-state index is 13.1. The SMILES string of the molecule is CCCOC(=O)[C@@]1(C(F)(F)F)O[C@@H]1c1ccccc1. The number of halogens is 3. The highest BCUT2D eigenvalue weighted by Crippen LogP contribution is 2.59. The standard InChI is InChI=1S/C13H13F3O3/c1-2-8-18-11(17)12(13(14,15)16)10(19-12)9-6-4-3-5-7-9/h3-7,10H,2,8H2,1H3/t10-,12+/m1/s1. The number of carbonyl (C=O) groups excluding carboxylic acids is 1. The number of epoxide rings is 1. The molecule has 0 bridgehead atoms. The molecule has 6 heteroatoms. The molecule has 0 saturated carbocycles. The summed E-state index contributed by atoms with van der Waals surface area (Å²) in [6.45, 7) is 1.65. The first-order chi connectivity index (χ1) is 8.93. The first kappa shape index (κ1) is 13.9. The van der Waals surface area contributed by atoms with Crippen molar-refractivity contribution < 1.29 is 27.4 Å². The number of rotatable bonds is 4. The van der Waals surface area contributed by atoms with Gasteiger partial charge < -0.3 is 9.47 Å². The molecule has 1 aromatic carbocycles. The van der Waals surface area contributed by atoms with Crippen LogP contribution in [0, 0.1) is 0 Å². The van der Waals surface area contributed by atoms with E-state index in [1.54, 1.807) is 25.1 Å². The lowest BCUT2D eigenvalue weighted by molar-refractivity contribution is -0.204. The van der Waals surface area contributed by atoms with Crippen molar-refractivity contribution in [1.29, 1.82) is 0 Å². The van der Waals surface area contributed by atoms with Crippen LogP contribution in [0.2, 0.25) is 0 Å². The van der Waals surface area contributed by atoms with Gasteiger partial charge >= 0.3 is 12.1 Å². The summed E-state index contributed by atoms with van der Waals surface area (Å²) in [6.07, 6.45) is -5.66. The topological polar surface area (TPSA) is 38.8 Å². The third-order valence-electron chi connectivity index (χ3n) is 2.88. The zero-order valence-corrected chi connectivity index (χ0v) is 10.2. The summed E-state index contributed by atoms with van der Waals surface area (Å²) in [5.41, 5.74) is -2.53. The average molecular weight is 274 g/mol. The molecule has 0 aliphatic carbocycles. The average Bonchev–Trinajstić information content (AvgIpc) is 3.13. The lowest BCUT2D eigenvalue weighted by atomic mass is 9.99. The summed E-state index contributed by atoms with van der Waals surface area (Å²) in [5.74, 6) is -1.37. The number of esters is 1. The van der Waals surface area contributed by atoms with E-state index in [-0.39, 0.29) is 6.61 Å². The van der Waals surface area contributed by atoms with E-state index in [9.17, 15) is 18.0 Å². The van der Waals surface area contributed by atoms with Crippen molar-refractivity contribution in [2.24, 2.45) is 0 Å². The Bertz CT molecular complexity index is 458. The minimum Gasteiger partial charge on any atom is -0.463 e. The zero-order valence-electron chi connectivity index (χ0n) is 10.2. The molecule has 0 radical (unpaired) electrons. The van der Waals surface area contributed by atoms with Crippen LogP contribution >= 0.6 is 0 Å². The van der Waals surface area contributed by atoms with Crippen LogP contribution in [0.4, 0.5) is 13.2 Å². The van der Waals surface area contributed by atoms with E-state index in [2.05, 4.69) is 4.74 Å². The molecule has 1 fully saturated rings. The first-order valence-electron chi connectivity index (χ1n) is 5.90. The van der Waals surface area contributed by atoms with Crippen LogP contribution in [-0.4, -0.2) is 24.4 Å². The molecule has 1 aliphatic rings. The van der Waals surface area contributed by atoms with Gasteiger partial charge in [-0.3, -0.25) is 0 Å². The van der Waals surface area contributed by atoms with E-state index in [1.807, 2.05) is 0 Å². The Balaban J connectivity index is 2.24. The van der Waals surface area contributed by atoms with E-state index in [4.69, 9.17) is 4.74 Å². The Kier molecular flexibility index (Phi) is 3.54.